The van der Waals surface area contributed by atoms with Crippen LogP contribution in [0.3, 0.4) is 0 Å². The number of urea groups is 1. The van der Waals surface area contributed by atoms with Crippen molar-refractivity contribution in [3.63, 3.8) is 0 Å². The van der Waals surface area contributed by atoms with Crippen molar-refractivity contribution in [2.24, 2.45) is 0 Å². The van der Waals surface area contributed by atoms with E-state index in [1.165, 1.54) is 10.4 Å². The van der Waals surface area contributed by atoms with Gasteiger partial charge in [0.05, 0.1) is 0 Å². The Hall–Kier alpha value is -1.07. The highest BCUT2D eigenvalue weighted by atomic mass is 32.1. The molecule has 0 unspecified atom stereocenters. The molecule has 4 nitrogen and oxygen atoms in total. The Balaban J connectivity index is 1.75. The zero-order valence-electron chi connectivity index (χ0n) is 12.0. The molecule has 1 N–H and O–H groups in total. The van der Waals surface area contributed by atoms with Crippen LogP contribution in [0.4, 0.5) is 4.79 Å². The van der Waals surface area contributed by atoms with E-state index in [4.69, 9.17) is 0 Å². The van der Waals surface area contributed by atoms with Gasteiger partial charge in [-0.15, -0.1) is 11.3 Å². The fourth-order valence-electron chi connectivity index (χ4n) is 2.38. The van der Waals surface area contributed by atoms with Crippen LogP contribution in [0.2, 0.25) is 0 Å². The van der Waals surface area contributed by atoms with E-state index in [0.29, 0.717) is 6.04 Å². The third-order valence-electron chi connectivity index (χ3n) is 3.67. The number of nitrogens with one attached hydrogen (secondary N) is 1. The molecule has 0 aromatic carbocycles. The van der Waals surface area contributed by atoms with Gasteiger partial charge in [0.1, 0.15) is 0 Å². The summed E-state index contributed by atoms with van der Waals surface area (Å²) in [6.07, 6.45) is 2.09. The highest BCUT2D eigenvalue weighted by molar-refractivity contribution is 7.10. The first-order valence-corrected chi connectivity index (χ1v) is 7.68. The van der Waals surface area contributed by atoms with Crippen molar-refractivity contribution < 1.29 is 4.79 Å². The van der Waals surface area contributed by atoms with Crippen LogP contribution in [0.1, 0.15) is 23.3 Å². The van der Waals surface area contributed by atoms with Gasteiger partial charge in [-0.3, -0.25) is 0 Å². The molecule has 2 heterocycles. The molecule has 0 radical (unpaired) electrons. The largest absolute Gasteiger partial charge is 0.331 e. The van der Waals surface area contributed by atoms with Gasteiger partial charge in [-0.2, -0.15) is 0 Å². The van der Waals surface area contributed by atoms with Gasteiger partial charge in [0.2, 0.25) is 0 Å². The van der Waals surface area contributed by atoms with Crippen LogP contribution in [0.25, 0.3) is 0 Å². The molecule has 1 aliphatic rings. The lowest BCUT2D eigenvalue weighted by Gasteiger charge is -2.34. The summed E-state index contributed by atoms with van der Waals surface area (Å²) >= 11 is 1.81. The van der Waals surface area contributed by atoms with E-state index in [-0.39, 0.29) is 6.03 Å². The summed E-state index contributed by atoms with van der Waals surface area (Å²) in [4.78, 5) is 16.8. The fourth-order valence-corrected chi connectivity index (χ4v) is 3.24. The summed E-state index contributed by atoms with van der Waals surface area (Å²) < 4.78 is 0. The van der Waals surface area contributed by atoms with Crippen molar-refractivity contribution in [3.8, 4) is 0 Å². The highest BCUT2D eigenvalue weighted by Gasteiger charge is 2.23. The maximum absolute atomic E-state index is 11.8. The predicted octanol–water partition coefficient (Wildman–Crippen LogP) is 2.29. The third kappa shape index (κ3) is 3.70. The van der Waals surface area contributed by atoms with Crippen molar-refractivity contribution in [1.29, 1.82) is 0 Å². The van der Waals surface area contributed by atoms with E-state index >= 15 is 0 Å². The number of piperidine rings is 1. The molecule has 0 aliphatic carbocycles. The quantitative estimate of drug-likeness (QED) is 0.922. The summed E-state index contributed by atoms with van der Waals surface area (Å²) in [6.45, 7) is 4.83. The molecule has 0 atom stereocenters. The van der Waals surface area contributed by atoms with Gasteiger partial charge in [0.15, 0.2) is 0 Å². The number of thiophene rings is 1. The van der Waals surface area contributed by atoms with E-state index < -0.39 is 0 Å². The number of likely N-dealkylation sites (tertiary alicyclic amines) is 1. The molecule has 19 heavy (non-hydrogen) atoms. The van der Waals surface area contributed by atoms with Gasteiger partial charge in [-0.25, -0.2) is 4.79 Å². The SMILES string of the molecule is Cc1ccsc1CNC1CCN(C(=O)N(C)C)CC1. The van der Waals surface area contributed by atoms with Gasteiger partial charge in [0.25, 0.3) is 0 Å². The zero-order chi connectivity index (χ0) is 13.8. The van der Waals surface area contributed by atoms with Crippen LogP contribution in [-0.4, -0.2) is 49.1 Å². The maximum atomic E-state index is 11.8. The average molecular weight is 281 g/mol. The molecule has 1 aromatic rings. The van der Waals surface area contributed by atoms with Crippen molar-refractivity contribution in [2.75, 3.05) is 27.2 Å². The molecule has 0 saturated carbocycles. The van der Waals surface area contributed by atoms with Crippen LogP contribution in [0.15, 0.2) is 11.4 Å². The standard InChI is InChI=1S/C14H23N3OS/c1-11-6-9-19-13(11)10-15-12-4-7-17(8-5-12)14(18)16(2)3/h6,9,12,15H,4-5,7-8,10H2,1-3H3. The number of aryl methyl sites for hydroxylation is 1. The number of amides is 2. The molecule has 2 amide bonds. The van der Waals surface area contributed by atoms with Gasteiger partial charge in [-0.05, 0) is 36.8 Å². The molecular formula is C14H23N3OS. The molecule has 2 rings (SSSR count). The number of rotatable bonds is 3. The number of nitrogens with zero attached hydrogens (tertiary/aromatic N) is 2. The molecular weight excluding hydrogens is 258 g/mol. The fraction of sp³-hybridized carbons (Fsp3) is 0.643. The summed E-state index contributed by atoms with van der Waals surface area (Å²) in [5.74, 6) is 0. The van der Waals surface area contributed by atoms with Crippen molar-refractivity contribution in [3.05, 3.63) is 21.9 Å². The van der Waals surface area contributed by atoms with E-state index in [9.17, 15) is 4.79 Å². The monoisotopic (exact) mass is 281 g/mol. The molecule has 5 heteroatoms. The van der Waals surface area contributed by atoms with Gasteiger partial charge < -0.3 is 15.1 Å². The lowest BCUT2D eigenvalue weighted by Crippen LogP contribution is -2.47. The third-order valence-corrected chi connectivity index (χ3v) is 4.69. The predicted molar refractivity (Wildman–Crippen MR) is 79.6 cm³/mol. The van der Waals surface area contributed by atoms with E-state index in [0.717, 1.165) is 32.5 Å². The van der Waals surface area contributed by atoms with Gasteiger partial charge in [0, 0.05) is 44.6 Å². The zero-order valence-corrected chi connectivity index (χ0v) is 12.8. The van der Waals surface area contributed by atoms with Crippen LogP contribution in [0, 0.1) is 6.92 Å². The summed E-state index contributed by atoms with van der Waals surface area (Å²) in [5, 5.41) is 5.76. The first-order valence-electron chi connectivity index (χ1n) is 6.80. The van der Waals surface area contributed by atoms with Crippen LogP contribution in [-0.2, 0) is 6.54 Å². The molecule has 0 bridgehead atoms. The highest BCUT2D eigenvalue weighted by Crippen LogP contribution is 2.17. The summed E-state index contributed by atoms with van der Waals surface area (Å²) in [5.41, 5.74) is 1.37. The second-order valence-electron chi connectivity index (χ2n) is 5.35. The second kappa shape index (κ2) is 6.39. The minimum Gasteiger partial charge on any atom is -0.331 e. The first kappa shape index (κ1) is 14.3. The Bertz CT molecular complexity index is 422. The average Bonchev–Trinajstić information content (AvgIpc) is 2.81. The molecule has 1 aromatic heterocycles. The summed E-state index contributed by atoms with van der Waals surface area (Å²) in [6, 6.07) is 2.83. The number of hydrogen-bond donors (Lipinski definition) is 1. The normalized spacial score (nSPS) is 16.7. The number of hydrogen-bond acceptors (Lipinski definition) is 3. The summed E-state index contributed by atoms with van der Waals surface area (Å²) in [7, 11) is 3.62. The Morgan fingerprint density at radius 1 is 1.47 bits per heavy atom. The Morgan fingerprint density at radius 3 is 2.68 bits per heavy atom. The minimum absolute atomic E-state index is 0.132. The molecule has 1 fully saturated rings. The lowest BCUT2D eigenvalue weighted by atomic mass is 10.1. The number of carbonyl (C=O) groups is 1. The number of carbonyl (C=O) groups excluding carboxylic acids is 1. The Morgan fingerprint density at radius 2 is 2.16 bits per heavy atom. The Kier molecular flexibility index (Phi) is 4.82. The van der Waals surface area contributed by atoms with Crippen molar-refractivity contribution in [2.45, 2.75) is 32.4 Å². The second-order valence-corrected chi connectivity index (χ2v) is 6.35. The lowest BCUT2D eigenvalue weighted by molar-refractivity contribution is 0.152. The first-order chi connectivity index (χ1) is 9.08. The molecule has 1 saturated heterocycles. The minimum atomic E-state index is 0.132. The van der Waals surface area contributed by atoms with Gasteiger partial charge in [-0.1, -0.05) is 0 Å². The van der Waals surface area contributed by atoms with Crippen molar-refractivity contribution >= 4 is 17.4 Å². The maximum Gasteiger partial charge on any atom is 0.319 e. The van der Waals surface area contributed by atoms with E-state index in [1.54, 1.807) is 4.90 Å². The molecule has 1 aliphatic heterocycles. The molecule has 0 spiro atoms. The van der Waals surface area contributed by atoms with Gasteiger partial charge >= 0.3 is 6.03 Å². The smallest absolute Gasteiger partial charge is 0.319 e. The topological polar surface area (TPSA) is 35.6 Å². The molecule has 106 valence electrons. The van der Waals surface area contributed by atoms with E-state index in [1.807, 2.05) is 30.3 Å². The Labute approximate surface area is 119 Å². The van der Waals surface area contributed by atoms with Crippen molar-refractivity contribution in [1.82, 2.24) is 15.1 Å². The van der Waals surface area contributed by atoms with Crippen LogP contribution in [0.5, 0.6) is 0 Å². The van der Waals surface area contributed by atoms with E-state index in [2.05, 4.69) is 23.7 Å². The van der Waals surface area contributed by atoms with Crippen LogP contribution >= 0.6 is 11.3 Å². The van der Waals surface area contributed by atoms with Crippen LogP contribution < -0.4 is 5.32 Å².